The van der Waals surface area contributed by atoms with Crippen LogP contribution in [0.4, 0.5) is 5.69 Å². The zero-order chi connectivity index (χ0) is 19.9. The Kier molecular flexibility index (Phi) is 7.18. The fourth-order valence-electron chi connectivity index (χ4n) is 3.31. The summed E-state index contributed by atoms with van der Waals surface area (Å²) < 4.78 is 5.74. The van der Waals surface area contributed by atoms with Gasteiger partial charge < -0.3 is 15.0 Å². The van der Waals surface area contributed by atoms with Gasteiger partial charge in [-0.1, -0.05) is 29.8 Å². The molecule has 5 nitrogen and oxygen atoms in total. The fraction of sp³-hybridized carbons (Fsp3) is 0.409. The van der Waals surface area contributed by atoms with Gasteiger partial charge in [0, 0.05) is 56.0 Å². The molecule has 0 saturated carbocycles. The number of hydrogen-bond acceptors (Lipinski definition) is 4. The van der Waals surface area contributed by atoms with Gasteiger partial charge in [0.25, 0.3) is 5.91 Å². The van der Waals surface area contributed by atoms with Crippen molar-refractivity contribution in [1.82, 2.24) is 9.80 Å². The zero-order valence-electron chi connectivity index (χ0n) is 16.6. The van der Waals surface area contributed by atoms with Gasteiger partial charge in [-0.15, -0.1) is 0 Å². The summed E-state index contributed by atoms with van der Waals surface area (Å²) in [7, 11) is 0. The van der Waals surface area contributed by atoms with Gasteiger partial charge >= 0.3 is 0 Å². The number of amides is 1. The molecule has 3 rings (SSSR count). The third-order valence-corrected chi connectivity index (χ3v) is 5.23. The number of nitrogens with zero attached hydrogens (tertiary/aromatic N) is 2. The summed E-state index contributed by atoms with van der Waals surface area (Å²) in [6, 6.07) is 13.8. The molecule has 1 fully saturated rings. The number of hydrogen-bond donors (Lipinski definition) is 1. The summed E-state index contributed by atoms with van der Waals surface area (Å²) in [5, 5.41) is 4.06. The van der Waals surface area contributed by atoms with Gasteiger partial charge in [0.05, 0.1) is 0 Å². The van der Waals surface area contributed by atoms with Crippen LogP contribution in [-0.2, 0) is 11.3 Å². The van der Waals surface area contributed by atoms with Gasteiger partial charge in [-0.05, 0) is 43.2 Å². The van der Waals surface area contributed by atoms with Crippen LogP contribution in [-0.4, -0.2) is 55.0 Å². The molecule has 1 N–H and O–H groups in total. The molecule has 2 aromatic carbocycles. The van der Waals surface area contributed by atoms with E-state index in [2.05, 4.69) is 36.2 Å². The summed E-state index contributed by atoms with van der Waals surface area (Å²) >= 11 is 5.94. The number of ether oxygens (including phenoxy) is 1. The minimum atomic E-state index is 0.0386. The Morgan fingerprint density at radius 1 is 1.11 bits per heavy atom. The molecule has 1 amide bonds. The zero-order valence-corrected chi connectivity index (χ0v) is 17.3. The lowest BCUT2D eigenvalue weighted by Crippen LogP contribution is -2.49. The van der Waals surface area contributed by atoms with E-state index in [1.54, 1.807) is 0 Å². The van der Waals surface area contributed by atoms with Gasteiger partial charge in [-0.25, -0.2) is 0 Å². The van der Waals surface area contributed by atoms with Crippen molar-refractivity contribution in [2.45, 2.75) is 20.4 Å². The number of anilines is 1. The maximum Gasteiger partial charge on any atom is 0.260 e. The predicted molar refractivity (Wildman–Crippen MR) is 114 cm³/mol. The van der Waals surface area contributed by atoms with Crippen LogP contribution < -0.4 is 10.1 Å². The third-order valence-electron chi connectivity index (χ3n) is 4.98. The van der Waals surface area contributed by atoms with E-state index in [1.807, 2.05) is 35.2 Å². The van der Waals surface area contributed by atoms with Crippen molar-refractivity contribution >= 4 is 23.2 Å². The monoisotopic (exact) mass is 401 g/mol. The Morgan fingerprint density at radius 2 is 1.82 bits per heavy atom. The summed E-state index contributed by atoms with van der Waals surface area (Å²) in [5.74, 6) is 0.757. The smallest absolute Gasteiger partial charge is 0.260 e. The minimum absolute atomic E-state index is 0.0386. The molecule has 0 radical (unpaired) electrons. The second kappa shape index (κ2) is 9.80. The summed E-state index contributed by atoms with van der Waals surface area (Å²) in [6.07, 6.45) is 0. The van der Waals surface area contributed by atoms with Gasteiger partial charge in [0.1, 0.15) is 5.75 Å². The van der Waals surface area contributed by atoms with Crippen molar-refractivity contribution in [3.63, 3.8) is 0 Å². The molecule has 1 heterocycles. The average Bonchev–Trinajstić information content (AvgIpc) is 2.71. The largest absolute Gasteiger partial charge is 0.484 e. The van der Waals surface area contributed by atoms with E-state index < -0.39 is 0 Å². The Labute approximate surface area is 172 Å². The van der Waals surface area contributed by atoms with Crippen molar-refractivity contribution in [3.8, 4) is 5.75 Å². The highest BCUT2D eigenvalue weighted by atomic mass is 35.5. The van der Waals surface area contributed by atoms with Crippen LogP contribution in [0.25, 0.3) is 0 Å². The van der Waals surface area contributed by atoms with Crippen LogP contribution in [0.1, 0.15) is 18.1 Å². The number of nitrogens with one attached hydrogen (secondary N) is 1. The molecule has 28 heavy (non-hydrogen) atoms. The molecule has 1 aliphatic heterocycles. The molecule has 0 aliphatic carbocycles. The highest BCUT2D eigenvalue weighted by Gasteiger charge is 2.21. The maximum absolute atomic E-state index is 12.5. The van der Waals surface area contributed by atoms with Crippen LogP contribution in [0.5, 0.6) is 5.75 Å². The molecule has 2 aromatic rings. The number of carbonyl (C=O) groups is 1. The Balaban J connectivity index is 1.45. The van der Waals surface area contributed by atoms with E-state index in [-0.39, 0.29) is 12.5 Å². The second-order valence-electron chi connectivity index (χ2n) is 7.08. The summed E-state index contributed by atoms with van der Waals surface area (Å²) in [4.78, 5) is 16.7. The van der Waals surface area contributed by atoms with Gasteiger partial charge in [-0.2, -0.15) is 0 Å². The van der Waals surface area contributed by atoms with Crippen LogP contribution in [0.15, 0.2) is 42.5 Å². The molecule has 1 saturated heterocycles. The summed E-state index contributed by atoms with van der Waals surface area (Å²) in [5.41, 5.74) is 3.45. The number of rotatable bonds is 7. The van der Waals surface area contributed by atoms with Crippen LogP contribution in [0.3, 0.4) is 0 Å². The third kappa shape index (κ3) is 5.63. The molecular weight excluding hydrogens is 374 g/mol. The van der Waals surface area contributed by atoms with E-state index in [9.17, 15) is 4.79 Å². The standard InChI is InChI=1S/C22H28ClN3O2/c1-3-24-21-14-20(9-4-17(21)2)28-16-22(27)26-12-10-25(11-13-26)15-18-5-7-19(23)8-6-18/h4-9,14,24H,3,10-13,15-16H2,1-2H3. The van der Waals surface area contributed by atoms with Gasteiger partial charge in [0.2, 0.25) is 0 Å². The summed E-state index contributed by atoms with van der Waals surface area (Å²) in [6.45, 7) is 9.10. The first-order chi connectivity index (χ1) is 13.5. The topological polar surface area (TPSA) is 44.8 Å². The number of benzene rings is 2. The van der Waals surface area contributed by atoms with E-state index >= 15 is 0 Å². The second-order valence-corrected chi connectivity index (χ2v) is 7.52. The molecular formula is C22H28ClN3O2. The minimum Gasteiger partial charge on any atom is -0.484 e. The number of aryl methyl sites for hydroxylation is 1. The highest BCUT2D eigenvalue weighted by molar-refractivity contribution is 6.30. The lowest BCUT2D eigenvalue weighted by Gasteiger charge is -2.34. The SMILES string of the molecule is CCNc1cc(OCC(=O)N2CCN(Cc3ccc(Cl)cc3)CC2)ccc1C. The quantitative estimate of drug-likeness (QED) is 0.766. The van der Waals surface area contributed by atoms with Crippen LogP contribution in [0, 0.1) is 6.92 Å². The van der Waals surface area contributed by atoms with Crippen molar-refractivity contribution in [3.05, 3.63) is 58.6 Å². The molecule has 6 heteroatoms. The molecule has 0 atom stereocenters. The number of carbonyl (C=O) groups excluding carboxylic acids is 1. The Hall–Kier alpha value is -2.24. The highest BCUT2D eigenvalue weighted by Crippen LogP contribution is 2.22. The van der Waals surface area contributed by atoms with E-state index in [1.165, 1.54) is 5.56 Å². The average molecular weight is 402 g/mol. The lowest BCUT2D eigenvalue weighted by atomic mass is 10.2. The van der Waals surface area contributed by atoms with Crippen molar-refractivity contribution in [2.75, 3.05) is 44.6 Å². The Bertz CT molecular complexity index is 787. The maximum atomic E-state index is 12.5. The molecule has 1 aliphatic rings. The van der Waals surface area contributed by atoms with Crippen LogP contribution >= 0.6 is 11.6 Å². The molecule has 0 spiro atoms. The number of halogens is 1. The van der Waals surface area contributed by atoms with Crippen molar-refractivity contribution < 1.29 is 9.53 Å². The van der Waals surface area contributed by atoms with E-state index in [0.29, 0.717) is 0 Å². The van der Waals surface area contributed by atoms with Crippen LogP contribution in [0.2, 0.25) is 5.02 Å². The molecule has 150 valence electrons. The first-order valence-corrected chi connectivity index (χ1v) is 10.1. The van der Waals surface area contributed by atoms with E-state index in [4.69, 9.17) is 16.3 Å². The normalized spacial score (nSPS) is 14.8. The molecule has 0 bridgehead atoms. The Morgan fingerprint density at radius 3 is 2.50 bits per heavy atom. The molecule has 0 unspecified atom stereocenters. The lowest BCUT2D eigenvalue weighted by molar-refractivity contribution is -0.135. The first kappa shape index (κ1) is 20.5. The van der Waals surface area contributed by atoms with Crippen molar-refractivity contribution in [1.29, 1.82) is 0 Å². The first-order valence-electron chi connectivity index (χ1n) is 9.77. The van der Waals surface area contributed by atoms with Gasteiger partial charge in [-0.3, -0.25) is 9.69 Å². The fourth-order valence-corrected chi connectivity index (χ4v) is 3.44. The predicted octanol–water partition coefficient (Wildman–Crippen LogP) is 3.80. The molecule has 0 aromatic heterocycles. The van der Waals surface area contributed by atoms with E-state index in [0.717, 1.165) is 61.3 Å². The number of piperazine rings is 1. The van der Waals surface area contributed by atoms with Crippen molar-refractivity contribution in [2.24, 2.45) is 0 Å². The van der Waals surface area contributed by atoms with Gasteiger partial charge in [0.15, 0.2) is 6.61 Å².